The van der Waals surface area contributed by atoms with Gasteiger partial charge < -0.3 is 10.1 Å². The van der Waals surface area contributed by atoms with Crippen LogP contribution in [-0.4, -0.2) is 44.0 Å². The SMILES string of the molecule is COC(=O)c1ccnc(NC2CCCS(=O)(=O)C2)c1. The maximum absolute atomic E-state index is 11.5. The molecule has 0 radical (unpaired) electrons. The van der Waals surface area contributed by atoms with Crippen LogP contribution in [0.25, 0.3) is 0 Å². The van der Waals surface area contributed by atoms with Crippen molar-refractivity contribution in [3.05, 3.63) is 23.9 Å². The van der Waals surface area contributed by atoms with Crippen molar-refractivity contribution in [3.63, 3.8) is 0 Å². The molecule has 0 aliphatic carbocycles. The van der Waals surface area contributed by atoms with E-state index >= 15 is 0 Å². The number of methoxy groups -OCH3 is 1. The maximum atomic E-state index is 11.5. The van der Waals surface area contributed by atoms with Gasteiger partial charge in [-0.1, -0.05) is 0 Å². The van der Waals surface area contributed by atoms with Gasteiger partial charge in [-0.3, -0.25) is 0 Å². The van der Waals surface area contributed by atoms with Crippen LogP contribution in [0.4, 0.5) is 5.82 Å². The second-order valence-corrected chi connectivity index (χ2v) is 6.75. The maximum Gasteiger partial charge on any atom is 0.338 e. The van der Waals surface area contributed by atoms with Crippen LogP contribution < -0.4 is 5.32 Å². The Morgan fingerprint density at radius 2 is 2.32 bits per heavy atom. The fraction of sp³-hybridized carbons (Fsp3) is 0.500. The molecule has 1 fully saturated rings. The Morgan fingerprint density at radius 3 is 3.00 bits per heavy atom. The van der Waals surface area contributed by atoms with Gasteiger partial charge >= 0.3 is 5.97 Å². The average Bonchev–Trinajstić information content (AvgIpc) is 2.37. The first-order valence-corrected chi connectivity index (χ1v) is 7.83. The van der Waals surface area contributed by atoms with Crippen molar-refractivity contribution in [3.8, 4) is 0 Å². The molecule has 1 aromatic heterocycles. The van der Waals surface area contributed by atoms with Gasteiger partial charge in [-0.05, 0) is 25.0 Å². The van der Waals surface area contributed by atoms with E-state index < -0.39 is 15.8 Å². The van der Waals surface area contributed by atoms with E-state index in [1.54, 1.807) is 12.1 Å². The highest BCUT2D eigenvalue weighted by molar-refractivity contribution is 7.91. The summed E-state index contributed by atoms with van der Waals surface area (Å²) in [4.78, 5) is 15.5. The van der Waals surface area contributed by atoms with Gasteiger partial charge in [0, 0.05) is 12.2 Å². The lowest BCUT2D eigenvalue weighted by Gasteiger charge is -2.23. The number of rotatable bonds is 3. The van der Waals surface area contributed by atoms with Crippen molar-refractivity contribution in [2.45, 2.75) is 18.9 Å². The number of esters is 1. The largest absolute Gasteiger partial charge is 0.465 e. The van der Waals surface area contributed by atoms with Crippen LogP contribution in [0, 0.1) is 0 Å². The van der Waals surface area contributed by atoms with Crippen LogP contribution in [-0.2, 0) is 14.6 Å². The summed E-state index contributed by atoms with van der Waals surface area (Å²) in [6.07, 6.45) is 2.92. The first kappa shape index (κ1) is 13.8. The van der Waals surface area contributed by atoms with Gasteiger partial charge in [0.05, 0.1) is 24.2 Å². The molecule has 1 N–H and O–H groups in total. The molecule has 6 nitrogen and oxygen atoms in total. The van der Waals surface area contributed by atoms with Crippen molar-refractivity contribution in [1.29, 1.82) is 0 Å². The molecule has 1 aliphatic heterocycles. The number of carbonyl (C=O) groups is 1. The highest BCUT2D eigenvalue weighted by Crippen LogP contribution is 2.17. The summed E-state index contributed by atoms with van der Waals surface area (Å²) in [7, 11) is -1.66. The zero-order chi connectivity index (χ0) is 13.9. The lowest BCUT2D eigenvalue weighted by molar-refractivity contribution is 0.0600. The molecule has 0 spiro atoms. The third-order valence-corrected chi connectivity index (χ3v) is 4.82. The lowest BCUT2D eigenvalue weighted by atomic mass is 10.2. The molecule has 0 aromatic carbocycles. The Kier molecular flexibility index (Phi) is 4.04. The van der Waals surface area contributed by atoms with Crippen LogP contribution in [0.1, 0.15) is 23.2 Å². The van der Waals surface area contributed by atoms with Crippen LogP contribution in [0.15, 0.2) is 18.3 Å². The normalized spacial score (nSPS) is 21.6. The summed E-state index contributed by atoms with van der Waals surface area (Å²) < 4.78 is 27.7. The second-order valence-electron chi connectivity index (χ2n) is 4.52. The topological polar surface area (TPSA) is 85.4 Å². The summed E-state index contributed by atoms with van der Waals surface area (Å²) >= 11 is 0. The van der Waals surface area contributed by atoms with Crippen LogP contribution in [0.5, 0.6) is 0 Å². The molecule has 1 atom stereocenters. The van der Waals surface area contributed by atoms with E-state index in [2.05, 4.69) is 15.0 Å². The predicted molar refractivity (Wildman–Crippen MR) is 70.9 cm³/mol. The summed E-state index contributed by atoms with van der Waals surface area (Å²) in [5.41, 5.74) is 0.388. The Balaban J connectivity index is 2.09. The Labute approximate surface area is 112 Å². The van der Waals surface area contributed by atoms with E-state index in [1.807, 2.05) is 0 Å². The van der Waals surface area contributed by atoms with Gasteiger partial charge in [0.15, 0.2) is 9.84 Å². The third kappa shape index (κ3) is 3.66. The van der Waals surface area contributed by atoms with Crippen LogP contribution in [0.2, 0.25) is 0 Å². The van der Waals surface area contributed by atoms with Crippen molar-refractivity contribution in [2.24, 2.45) is 0 Å². The van der Waals surface area contributed by atoms with E-state index in [0.717, 1.165) is 6.42 Å². The number of hydrogen-bond donors (Lipinski definition) is 1. The third-order valence-electron chi connectivity index (χ3n) is 3.00. The van der Waals surface area contributed by atoms with E-state index in [9.17, 15) is 13.2 Å². The van der Waals surface area contributed by atoms with Gasteiger partial charge in [-0.2, -0.15) is 0 Å². The van der Waals surface area contributed by atoms with Gasteiger partial charge in [-0.25, -0.2) is 18.2 Å². The summed E-state index contributed by atoms with van der Waals surface area (Å²) in [6.45, 7) is 0. The summed E-state index contributed by atoms with van der Waals surface area (Å²) in [5.74, 6) is 0.407. The number of ether oxygens (including phenoxy) is 1. The number of carbonyl (C=O) groups excluding carboxylic acids is 1. The molecule has 2 heterocycles. The van der Waals surface area contributed by atoms with Gasteiger partial charge in [0.1, 0.15) is 5.82 Å². The zero-order valence-corrected chi connectivity index (χ0v) is 11.4. The highest BCUT2D eigenvalue weighted by Gasteiger charge is 2.24. The van der Waals surface area contributed by atoms with Crippen LogP contribution >= 0.6 is 0 Å². The summed E-state index contributed by atoms with van der Waals surface area (Å²) in [6, 6.07) is 2.96. The van der Waals surface area contributed by atoms with E-state index in [0.29, 0.717) is 17.8 Å². The molecule has 1 aliphatic rings. The van der Waals surface area contributed by atoms with Crippen molar-refractivity contribution in [1.82, 2.24) is 4.98 Å². The molecule has 1 saturated heterocycles. The smallest absolute Gasteiger partial charge is 0.338 e. The van der Waals surface area contributed by atoms with Gasteiger partial charge in [0.2, 0.25) is 0 Å². The standard InChI is InChI=1S/C12H16N2O4S/c1-18-12(15)9-4-5-13-11(7-9)14-10-3-2-6-19(16,17)8-10/h4-5,7,10H,2-3,6,8H2,1H3,(H,13,14). The molecule has 2 rings (SSSR count). The molecular formula is C12H16N2O4S. The van der Waals surface area contributed by atoms with Crippen molar-refractivity contribution >= 4 is 21.6 Å². The molecule has 1 aromatic rings. The molecular weight excluding hydrogens is 268 g/mol. The molecule has 7 heteroatoms. The highest BCUT2D eigenvalue weighted by atomic mass is 32.2. The molecule has 0 saturated carbocycles. The minimum Gasteiger partial charge on any atom is -0.465 e. The minimum atomic E-state index is -2.97. The predicted octanol–water partition coefficient (Wildman–Crippen LogP) is 0.857. The number of nitrogens with zero attached hydrogens (tertiary/aromatic N) is 1. The fourth-order valence-corrected chi connectivity index (χ4v) is 3.74. The van der Waals surface area contributed by atoms with E-state index in [1.165, 1.54) is 13.3 Å². The number of sulfone groups is 1. The first-order valence-electron chi connectivity index (χ1n) is 6.01. The Morgan fingerprint density at radius 1 is 1.53 bits per heavy atom. The first-order chi connectivity index (χ1) is 9.00. The minimum absolute atomic E-state index is 0.108. The molecule has 0 bridgehead atoms. The number of anilines is 1. The molecule has 0 amide bonds. The quantitative estimate of drug-likeness (QED) is 0.828. The number of hydrogen-bond acceptors (Lipinski definition) is 6. The lowest BCUT2D eigenvalue weighted by Crippen LogP contribution is -2.35. The van der Waals surface area contributed by atoms with E-state index in [-0.39, 0.29) is 17.5 Å². The monoisotopic (exact) mass is 284 g/mol. The second kappa shape index (κ2) is 5.56. The Bertz CT molecular complexity index is 571. The number of aromatic nitrogens is 1. The fourth-order valence-electron chi connectivity index (χ4n) is 2.10. The van der Waals surface area contributed by atoms with E-state index in [4.69, 9.17) is 0 Å². The zero-order valence-electron chi connectivity index (χ0n) is 10.6. The van der Waals surface area contributed by atoms with Crippen molar-refractivity contribution in [2.75, 3.05) is 23.9 Å². The molecule has 1 unspecified atom stereocenters. The average molecular weight is 284 g/mol. The number of pyridine rings is 1. The Hall–Kier alpha value is -1.63. The molecule has 104 valence electrons. The van der Waals surface area contributed by atoms with Crippen LogP contribution in [0.3, 0.4) is 0 Å². The molecule has 19 heavy (non-hydrogen) atoms. The van der Waals surface area contributed by atoms with Gasteiger partial charge in [-0.15, -0.1) is 0 Å². The van der Waals surface area contributed by atoms with Gasteiger partial charge in [0.25, 0.3) is 0 Å². The van der Waals surface area contributed by atoms with Crippen molar-refractivity contribution < 1.29 is 17.9 Å². The summed E-state index contributed by atoms with van der Waals surface area (Å²) in [5, 5.41) is 3.06. The number of nitrogens with one attached hydrogen (secondary N) is 1.